The topological polar surface area (TPSA) is 93.2 Å². The maximum Gasteiger partial charge on any atom is 0.316 e. The summed E-state index contributed by atoms with van der Waals surface area (Å²) >= 11 is 0. The zero-order valence-electron chi connectivity index (χ0n) is 18.9. The molecular weight excluding hydrogens is 436 g/mol. The maximum absolute atomic E-state index is 12.9. The molecule has 2 heterocycles. The molecule has 8 nitrogen and oxygen atoms in total. The lowest BCUT2D eigenvalue weighted by Gasteiger charge is -2.19. The van der Waals surface area contributed by atoms with Gasteiger partial charge in [0.05, 0.1) is 30.6 Å². The van der Waals surface area contributed by atoms with Gasteiger partial charge in [0.1, 0.15) is 11.5 Å². The summed E-state index contributed by atoms with van der Waals surface area (Å²) in [5, 5.41) is 0. The Morgan fingerprint density at radius 2 is 1.50 bits per heavy atom. The number of esters is 1. The maximum atomic E-state index is 12.9. The predicted octanol–water partition coefficient (Wildman–Crippen LogP) is 3.33. The molecule has 1 saturated carbocycles. The first-order valence-corrected chi connectivity index (χ1v) is 11.6. The number of fused-ring (bicyclic) bond motifs is 1. The molecule has 5 rings (SSSR count). The highest BCUT2D eigenvalue weighted by Gasteiger charge is 2.48. The van der Waals surface area contributed by atoms with E-state index >= 15 is 0 Å². The first-order chi connectivity index (χ1) is 16.5. The van der Waals surface area contributed by atoms with Crippen molar-refractivity contribution < 1.29 is 28.7 Å². The Morgan fingerprint density at radius 3 is 2.18 bits per heavy atom. The number of methoxy groups -OCH3 is 1. The van der Waals surface area contributed by atoms with Crippen LogP contribution in [0.1, 0.15) is 32.1 Å². The number of carbonyl (C=O) groups excluding carboxylic acids is 4. The molecule has 3 amide bonds. The van der Waals surface area contributed by atoms with E-state index in [0.29, 0.717) is 17.1 Å². The number of imide groups is 1. The highest BCUT2D eigenvalue weighted by atomic mass is 16.5. The number of anilines is 2. The quantitative estimate of drug-likeness (QED) is 0.384. The first-order valence-electron chi connectivity index (χ1n) is 11.6. The SMILES string of the molecule is COc1cccc(N2C[C@H](C(=O)Oc3cccc(N4C(=O)[C@H]5CCCC[C@H]5C4=O)c3)CC2=O)c1. The van der Waals surface area contributed by atoms with E-state index in [1.807, 2.05) is 0 Å². The zero-order chi connectivity index (χ0) is 23.8. The Labute approximate surface area is 197 Å². The molecule has 0 radical (unpaired) electrons. The first kappa shape index (κ1) is 22.1. The molecule has 2 aliphatic heterocycles. The summed E-state index contributed by atoms with van der Waals surface area (Å²) in [7, 11) is 1.55. The lowest BCUT2D eigenvalue weighted by atomic mass is 9.81. The van der Waals surface area contributed by atoms with Gasteiger partial charge in [-0.1, -0.05) is 25.0 Å². The number of rotatable bonds is 5. The standard InChI is InChI=1S/C26H26N2O6/c1-33-19-8-4-6-17(13-19)27-15-16(12-23(27)29)26(32)34-20-9-5-7-18(14-20)28-24(30)21-10-2-3-11-22(21)25(28)31/h4-9,13-14,16,21-22H,2-3,10-12,15H2,1H3/t16-,21-,22+/m1/s1. The number of benzene rings is 2. The lowest BCUT2D eigenvalue weighted by molar-refractivity contribution is -0.139. The van der Waals surface area contributed by atoms with Gasteiger partial charge in [-0.3, -0.25) is 19.2 Å². The van der Waals surface area contributed by atoms with Gasteiger partial charge in [0.2, 0.25) is 17.7 Å². The molecule has 0 N–H and O–H groups in total. The third-order valence-corrected chi connectivity index (χ3v) is 6.96. The second kappa shape index (κ2) is 8.93. The van der Waals surface area contributed by atoms with Crippen molar-refractivity contribution in [2.75, 3.05) is 23.5 Å². The van der Waals surface area contributed by atoms with Gasteiger partial charge in [0, 0.05) is 30.8 Å². The zero-order valence-corrected chi connectivity index (χ0v) is 18.9. The second-order valence-electron chi connectivity index (χ2n) is 9.03. The summed E-state index contributed by atoms with van der Waals surface area (Å²) in [4.78, 5) is 54.0. The summed E-state index contributed by atoms with van der Waals surface area (Å²) in [6.07, 6.45) is 3.43. The van der Waals surface area contributed by atoms with Crippen LogP contribution in [0.25, 0.3) is 0 Å². The van der Waals surface area contributed by atoms with Crippen LogP contribution < -0.4 is 19.3 Å². The molecule has 34 heavy (non-hydrogen) atoms. The van der Waals surface area contributed by atoms with E-state index in [4.69, 9.17) is 9.47 Å². The third kappa shape index (κ3) is 3.93. The molecule has 1 aliphatic carbocycles. The lowest BCUT2D eigenvalue weighted by Crippen LogP contribution is -2.31. The summed E-state index contributed by atoms with van der Waals surface area (Å²) in [5.74, 6) is -1.30. The summed E-state index contributed by atoms with van der Waals surface area (Å²) < 4.78 is 10.8. The van der Waals surface area contributed by atoms with Crippen molar-refractivity contribution >= 4 is 35.1 Å². The van der Waals surface area contributed by atoms with Crippen molar-refractivity contribution in [3.8, 4) is 11.5 Å². The number of ether oxygens (including phenoxy) is 2. The fraction of sp³-hybridized carbons (Fsp3) is 0.385. The fourth-order valence-electron chi connectivity index (χ4n) is 5.20. The minimum atomic E-state index is -0.625. The minimum absolute atomic E-state index is 0.0438. The van der Waals surface area contributed by atoms with Gasteiger partial charge in [0.15, 0.2) is 0 Å². The van der Waals surface area contributed by atoms with Gasteiger partial charge in [-0.2, -0.15) is 0 Å². The number of amides is 3. The van der Waals surface area contributed by atoms with Gasteiger partial charge in [-0.15, -0.1) is 0 Å². The number of hydrogen-bond acceptors (Lipinski definition) is 6. The Hall–Kier alpha value is -3.68. The molecule has 3 aliphatic rings. The van der Waals surface area contributed by atoms with Crippen LogP contribution in [0.4, 0.5) is 11.4 Å². The molecule has 8 heteroatoms. The van der Waals surface area contributed by atoms with Crippen molar-refractivity contribution in [3.63, 3.8) is 0 Å². The molecule has 176 valence electrons. The Balaban J connectivity index is 1.29. The summed E-state index contributed by atoms with van der Waals surface area (Å²) in [6.45, 7) is 0.205. The Morgan fingerprint density at radius 1 is 0.882 bits per heavy atom. The van der Waals surface area contributed by atoms with E-state index in [2.05, 4.69) is 0 Å². The van der Waals surface area contributed by atoms with Crippen LogP contribution in [0.15, 0.2) is 48.5 Å². The Bertz CT molecular complexity index is 1140. The van der Waals surface area contributed by atoms with Crippen LogP contribution in [0.2, 0.25) is 0 Å². The number of nitrogens with zero attached hydrogens (tertiary/aromatic N) is 2. The van der Waals surface area contributed by atoms with Gasteiger partial charge >= 0.3 is 5.97 Å². The van der Waals surface area contributed by atoms with Crippen LogP contribution in [0, 0.1) is 17.8 Å². The van der Waals surface area contributed by atoms with E-state index < -0.39 is 11.9 Å². The average Bonchev–Trinajstić information content (AvgIpc) is 3.37. The van der Waals surface area contributed by atoms with Gasteiger partial charge < -0.3 is 14.4 Å². The Kier molecular flexibility index (Phi) is 5.81. The molecule has 0 bridgehead atoms. The second-order valence-corrected chi connectivity index (χ2v) is 9.03. The van der Waals surface area contributed by atoms with E-state index in [0.717, 1.165) is 25.7 Å². The van der Waals surface area contributed by atoms with Crippen LogP contribution >= 0.6 is 0 Å². The van der Waals surface area contributed by atoms with Crippen LogP contribution in [0.3, 0.4) is 0 Å². The summed E-state index contributed by atoms with van der Waals surface area (Å²) in [5.41, 5.74) is 1.07. The van der Waals surface area contributed by atoms with Gasteiger partial charge in [-0.25, -0.2) is 4.90 Å². The fourth-order valence-corrected chi connectivity index (χ4v) is 5.20. The largest absolute Gasteiger partial charge is 0.497 e. The molecule has 0 aromatic heterocycles. The monoisotopic (exact) mass is 462 g/mol. The van der Waals surface area contributed by atoms with E-state index in [1.165, 1.54) is 4.90 Å². The van der Waals surface area contributed by atoms with Gasteiger partial charge in [-0.05, 0) is 37.1 Å². The van der Waals surface area contributed by atoms with Crippen LogP contribution in [-0.4, -0.2) is 37.3 Å². The minimum Gasteiger partial charge on any atom is -0.497 e. The van der Waals surface area contributed by atoms with E-state index in [9.17, 15) is 19.2 Å². The van der Waals surface area contributed by atoms with E-state index in [1.54, 1.807) is 60.5 Å². The average molecular weight is 463 g/mol. The number of carbonyl (C=O) groups is 4. The normalized spacial score (nSPS) is 24.4. The van der Waals surface area contributed by atoms with Crippen molar-refractivity contribution in [3.05, 3.63) is 48.5 Å². The highest BCUT2D eigenvalue weighted by Crippen LogP contribution is 2.40. The van der Waals surface area contributed by atoms with Crippen LogP contribution in [-0.2, 0) is 19.2 Å². The number of hydrogen-bond donors (Lipinski definition) is 0. The molecular formula is C26H26N2O6. The molecule has 2 saturated heterocycles. The van der Waals surface area contributed by atoms with Crippen molar-refractivity contribution in [1.29, 1.82) is 0 Å². The molecule has 0 unspecified atom stereocenters. The highest BCUT2D eigenvalue weighted by molar-refractivity contribution is 6.22. The smallest absolute Gasteiger partial charge is 0.316 e. The molecule has 2 aromatic carbocycles. The van der Waals surface area contributed by atoms with E-state index in [-0.39, 0.29) is 48.3 Å². The predicted molar refractivity (Wildman–Crippen MR) is 123 cm³/mol. The van der Waals surface area contributed by atoms with Gasteiger partial charge in [0.25, 0.3) is 0 Å². The van der Waals surface area contributed by atoms with Crippen LogP contribution in [0.5, 0.6) is 11.5 Å². The molecule has 2 aromatic rings. The van der Waals surface area contributed by atoms with Crippen molar-refractivity contribution in [1.82, 2.24) is 0 Å². The van der Waals surface area contributed by atoms with Crippen molar-refractivity contribution in [2.24, 2.45) is 17.8 Å². The molecule has 0 spiro atoms. The van der Waals surface area contributed by atoms with Crippen molar-refractivity contribution in [2.45, 2.75) is 32.1 Å². The summed E-state index contributed by atoms with van der Waals surface area (Å²) in [6, 6.07) is 13.6. The molecule has 3 fully saturated rings. The third-order valence-electron chi connectivity index (χ3n) is 6.96. The molecule has 3 atom stereocenters.